The SMILES string of the molecule is Cc1cc(NC(=O)C2(N)CCC2)c([N+](=O)[O-])cc1C. The Kier molecular flexibility index (Phi) is 3.28. The number of rotatable bonds is 3. The van der Waals surface area contributed by atoms with Crippen molar-refractivity contribution in [1.82, 2.24) is 0 Å². The highest BCUT2D eigenvalue weighted by atomic mass is 16.6. The van der Waals surface area contributed by atoms with Crippen molar-refractivity contribution < 1.29 is 9.72 Å². The van der Waals surface area contributed by atoms with Gasteiger partial charge in [0, 0.05) is 6.07 Å². The van der Waals surface area contributed by atoms with Crippen LogP contribution in [0.25, 0.3) is 0 Å². The third kappa shape index (κ3) is 2.44. The molecule has 0 heterocycles. The van der Waals surface area contributed by atoms with Crippen molar-refractivity contribution >= 4 is 17.3 Å². The van der Waals surface area contributed by atoms with Gasteiger partial charge < -0.3 is 11.1 Å². The number of anilines is 1. The highest BCUT2D eigenvalue weighted by Crippen LogP contribution is 2.33. The van der Waals surface area contributed by atoms with Gasteiger partial charge >= 0.3 is 0 Å². The van der Waals surface area contributed by atoms with Gasteiger partial charge in [0.2, 0.25) is 5.91 Å². The summed E-state index contributed by atoms with van der Waals surface area (Å²) in [5.74, 6) is -0.342. The minimum Gasteiger partial charge on any atom is -0.319 e. The molecule has 1 saturated carbocycles. The molecule has 1 amide bonds. The molecule has 0 saturated heterocycles. The summed E-state index contributed by atoms with van der Waals surface area (Å²) in [6.07, 6.45) is 2.16. The van der Waals surface area contributed by atoms with Crippen molar-refractivity contribution in [2.24, 2.45) is 5.73 Å². The monoisotopic (exact) mass is 263 g/mol. The molecule has 0 spiro atoms. The van der Waals surface area contributed by atoms with E-state index in [9.17, 15) is 14.9 Å². The molecule has 1 aliphatic rings. The minimum absolute atomic E-state index is 0.0978. The van der Waals surface area contributed by atoms with E-state index in [0.29, 0.717) is 12.8 Å². The molecule has 6 heteroatoms. The third-order valence-electron chi connectivity index (χ3n) is 3.75. The van der Waals surface area contributed by atoms with Crippen molar-refractivity contribution in [1.29, 1.82) is 0 Å². The van der Waals surface area contributed by atoms with Gasteiger partial charge in [-0.3, -0.25) is 14.9 Å². The Bertz CT molecular complexity index is 550. The van der Waals surface area contributed by atoms with E-state index in [-0.39, 0.29) is 17.3 Å². The number of benzene rings is 1. The molecule has 19 heavy (non-hydrogen) atoms. The van der Waals surface area contributed by atoms with Gasteiger partial charge in [-0.1, -0.05) is 0 Å². The number of nitrogens with two attached hydrogens (primary N) is 1. The van der Waals surface area contributed by atoms with Crippen molar-refractivity contribution in [3.8, 4) is 0 Å². The van der Waals surface area contributed by atoms with Gasteiger partial charge in [-0.05, 0) is 50.3 Å². The Morgan fingerprint density at radius 3 is 2.42 bits per heavy atom. The van der Waals surface area contributed by atoms with Gasteiger partial charge in [0.15, 0.2) is 0 Å². The summed E-state index contributed by atoms with van der Waals surface area (Å²) < 4.78 is 0. The van der Waals surface area contributed by atoms with E-state index in [1.165, 1.54) is 6.07 Å². The van der Waals surface area contributed by atoms with Crippen LogP contribution >= 0.6 is 0 Å². The molecule has 6 nitrogen and oxygen atoms in total. The van der Waals surface area contributed by atoms with E-state index >= 15 is 0 Å². The Balaban J connectivity index is 2.31. The second-order valence-corrected chi connectivity index (χ2v) is 5.17. The molecule has 1 fully saturated rings. The summed E-state index contributed by atoms with van der Waals surface area (Å²) >= 11 is 0. The van der Waals surface area contributed by atoms with Crippen LogP contribution in [-0.2, 0) is 4.79 Å². The van der Waals surface area contributed by atoms with Gasteiger partial charge in [-0.15, -0.1) is 0 Å². The highest BCUT2D eigenvalue weighted by Gasteiger charge is 2.40. The minimum atomic E-state index is -0.868. The van der Waals surface area contributed by atoms with Crippen LogP contribution in [-0.4, -0.2) is 16.4 Å². The lowest BCUT2D eigenvalue weighted by atomic mass is 9.77. The highest BCUT2D eigenvalue weighted by molar-refractivity contribution is 6.00. The van der Waals surface area contributed by atoms with Gasteiger partial charge in [0.1, 0.15) is 5.69 Å². The Labute approximate surface area is 111 Å². The van der Waals surface area contributed by atoms with Crippen LogP contribution in [0.5, 0.6) is 0 Å². The summed E-state index contributed by atoms with van der Waals surface area (Å²) in [5, 5.41) is 13.6. The fourth-order valence-electron chi connectivity index (χ4n) is 2.08. The molecule has 0 unspecified atom stereocenters. The molecule has 1 aliphatic carbocycles. The molecule has 0 atom stereocenters. The quantitative estimate of drug-likeness (QED) is 0.644. The maximum Gasteiger partial charge on any atom is 0.293 e. The average Bonchev–Trinajstić information content (AvgIpc) is 2.29. The van der Waals surface area contributed by atoms with Crippen LogP contribution in [0.4, 0.5) is 11.4 Å². The number of aryl methyl sites for hydroxylation is 2. The predicted octanol–water partition coefficient (Wildman–Crippen LogP) is 2.03. The summed E-state index contributed by atoms with van der Waals surface area (Å²) in [5.41, 5.74) is 6.86. The van der Waals surface area contributed by atoms with Crippen LogP contribution < -0.4 is 11.1 Å². The Hall–Kier alpha value is -1.95. The van der Waals surface area contributed by atoms with Crippen LogP contribution in [0.2, 0.25) is 0 Å². The zero-order valence-corrected chi connectivity index (χ0v) is 11.0. The van der Waals surface area contributed by atoms with Crippen molar-refractivity contribution in [2.75, 3.05) is 5.32 Å². The second kappa shape index (κ2) is 4.62. The van der Waals surface area contributed by atoms with E-state index in [4.69, 9.17) is 5.73 Å². The summed E-state index contributed by atoms with van der Waals surface area (Å²) in [6.45, 7) is 3.64. The van der Waals surface area contributed by atoms with Gasteiger partial charge in [0.05, 0.1) is 10.5 Å². The zero-order chi connectivity index (χ0) is 14.2. The number of nitrogens with one attached hydrogen (secondary N) is 1. The predicted molar refractivity (Wildman–Crippen MR) is 72.0 cm³/mol. The molecule has 0 bridgehead atoms. The first-order valence-corrected chi connectivity index (χ1v) is 6.19. The number of hydrogen-bond donors (Lipinski definition) is 2. The molecule has 1 aromatic carbocycles. The second-order valence-electron chi connectivity index (χ2n) is 5.17. The first kappa shape index (κ1) is 13.5. The lowest BCUT2D eigenvalue weighted by Crippen LogP contribution is -2.56. The fraction of sp³-hybridized carbons (Fsp3) is 0.462. The molecule has 2 rings (SSSR count). The maximum absolute atomic E-state index is 12.0. The van der Waals surface area contributed by atoms with E-state index in [0.717, 1.165) is 17.5 Å². The number of nitro benzene ring substituents is 1. The Morgan fingerprint density at radius 1 is 1.37 bits per heavy atom. The molecule has 1 aromatic rings. The van der Waals surface area contributed by atoms with E-state index in [1.807, 2.05) is 6.92 Å². The van der Waals surface area contributed by atoms with Crippen molar-refractivity contribution in [2.45, 2.75) is 38.6 Å². The molecule has 0 radical (unpaired) electrons. The summed E-state index contributed by atoms with van der Waals surface area (Å²) in [7, 11) is 0. The number of carbonyl (C=O) groups excluding carboxylic acids is 1. The van der Waals surface area contributed by atoms with Gasteiger partial charge in [-0.2, -0.15) is 0 Å². The third-order valence-corrected chi connectivity index (χ3v) is 3.75. The number of nitro groups is 1. The molecule has 3 N–H and O–H groups in total. The normalized spacial score (nSPS) is 16.6. The molecule has 0 aromatic heterocycles. The van der Waals surface area contributed by atoms with Gasteiger partial charge in [0.25, 0.3) is 5.69 Å². The standard InChI is InChI=1S/C13H17N3O3/c1-8-6-10(11(16(18)19)7-9(8)2)15-12(17)13(14)4-3-5-13/h6-7H,3-5,14H2,1-2H3,(H,15,17). The van der Waals surface area contributed by atoms with E-state index in [1.54, 1.807) is 13.0 Å². The molecular formula is C13H17N3O3. The molecule has 0 aliphatic heterocycles. The van der Waals surface area contributed by atoms with E-state index < -0.39 is 10.5 Å². The fourth-order valence-corrected chi connectivity index (χ4v) is 2.08. The van der Waals surface area contributed by atoms with Gasteiger partial charge in [-0.25, -0.2) is 0 Å². The average molecular weight is 263 g/mol. The maximum atomic E-state index is 12.0. The number of amides is 1. The lowest BCUT2D eigenvalue weighted by Gasteiger charge is -2.36. The van der Waals surface area contributed by atoms with Crippen LogP contribution in [0.1, 0.15) is 30.4 Å². The zero-order valence-electron chi connectivity index (χ0n) is 11.0. The largest absolute Gasteiger partial charge is 0.319 e. The van der Waals surface area contributed by atoms with E-state index in [2.05, 4.69) is 5.32 Å². The van der Waals surface area contributed by atoms with Crippen LogP contribution in [0, 0.1) is 24.0 Å². The molecule has 102 valence electrons. The van der Waals surface area contributed by atoms with Crippen molar-refractivity contribution in [3.63, 3.8) is 0 Å². The number of nitrogens with zero attached hydrogens (tertiary/aromatic N) is 1. The first-order valence-electron chi connectivity index (χ1n) is 6.19. The summed E-state index contributed by atoms with van der Waals surface area (Å²) in [4.78, 5) is 22.6. The first-order chi connectivity index (χ1) is 8.83. The topological polar surface area (TPSA) is 98.3 Å². The Morgan fingerprint density at radius 2 is 1.95 bits per heavy atom. The van der Waals surface area contributed by atoms with Crippen molar-refractivity contribution in [3.05, 3.63) is 33.4 Å². The van der Waals surface area contributed by atoms with Crippen LogP contribution in [0.15, 0.2) is 12.1 Å². The number of hydrogen-bond acceptors (Lipinski definition) is 4. The lowest BCUT2D eigenvalue weighted by molar-refractivity contribution is -0.384. The number of carbonyl (C=O) groups is 1. The molecular weight excluding hydrogens is 246 g/mol. The smallest absolute Gasteiger partial charge is 0.293 e. The van der Waals surface area contributed by atoms with Crippen LogP contribution in [0.3, 0.4) is 0 Å². The summed E-state index contributed by atoms with van der Waals surface area (Å²) in [6, 6.07) is 3.09.